The number of nitrogen functional groups attached to an aromatic ring is 1. The lowest BCUT2D eigenvalue weighted by molar-refractivity contribution is 0.255. The van der Waals surface area contributed by atoms with E-state index >= 15 is 0 Å². The molecule has 0 aromatic heterocycles. The molecule has 19 heavy (non-hydrogen) atoms. The van der Waals surface area contributed by atoms with Crippen molar-refractivity contribution < 1.29 is 8.42 Å². The van der Waals surface area contributed by atoms with Gasteiger partial charge in [-0.05, 0) is 36.6 Å². The Labute approximate surface area is 115 Å². The van der Waals surface area contributed by atoms with Gasteiger partial charge in [-0.1, -0.05) is 19.1 Å². The van der Waals surface area contributed by atoms with E-state index in [0.717, 1.165) is 31.7 Å². The van der Waals surface area contributed by atoms with Crippen molar-refractivity contribution >= 4 is 15.5 Å². The van der Waals surface area contributed by atoms with Gasteiger partial charge in [-0.25, -0.2) is 8.42 Å². The van der Waals surface area contributed by atoms with Gasteiger partial charge in [0.1, 0.15) is 9.84 Å². The van der Waals surface area contributed by atoms with Gasteiger partial charge >= 0.3 is 0 Å². The normalized spacial score (nSPS) is 16.3. The topological polar surface area (TPSA) is 63.4 Å². The predicted molar refractivity (Wildman–Crippen MR) is 78.8 cm³/mol. The van der Waals surface area contributed by atoms with E-state index in [4.69, 9.17) is 5.73 Å². The van der Waals surface area contributed by atoms with E-state index < -0.39 is 9.84 Å². The average Bonchev–Trinajstić information content (AvgIpc) is 2.39. The van der Waals surface area contributed by atoms with Gasteiger partial charge in [0.2, 0.25) is 0 Å². The highest BCUT2D eigenvalue weighted by Gasteiger charge is 2.18. The standard InChI is InChI=1S/C14H22N2O2S/c1-2-19(17,18)10-4-8-16-9-7-13-12(11-16)5-3-6-14(13)15/h3,5-6H,2,4,7-11,15H2,1H3. The van der Waals surface area contributed by atoms with Gasteiger partial charge in [-0.3, -0.25) is 4.90 Å². The maximum Gasteiger partial charge on any atom is 0.150 e. The molecule has 1 aromatic rings. The van der Waals surface area contributed by atoms with Crippen LogP contribution in [0.3, 0.4) is 0 Å². The van der Waals surface area contributed by atoms with E-state index in [1.54, 1.807) is 6.92 Å². The maximum atomic E-state index is 11.4. The SMILES string of the molecule is CCS(=O)(=O)CCCN1CCc2c(N)cccc2C1. The van der Waals surface area contributed by atoms with Crippen LogP contribution < -0.4 is 5.73 Å². The fourth-order valence-electron chi connectivity index (χ4n) is 2.54. The molecule has 0 radical (unpaired) electrons. The van der Waals surface area contributed by atoms with E-state index in [1.165, 1.54) is 11.1 Å². The highest BCUT2D eigenvalue weighted by molar-refractivity contribution is 7.91. The van der Waals surface area contributed by atoms with Crippen molar-refractivity contribution in [3.63, 3.8) is 0 Å². The molecule has 0 aliphatic carbocycles. The third-order valence-corrected chi connectivity index (χ3v) is 5.54. The summed E-state index contributed by atoms with van der Waals surface area (Å²) >= 11 is 0. The zero-order chi connectivity index (χ0) is 13.9. The van der Waals surface area contributed by atoms with Gasteiger partial charge in [-0.2, -0.15) is 0 Å². The van der Waals surface area contributed by atoms with E-state index in [0.29, 0.717) is 12.2 Å². The zero-order valence-corrected chi connectivity index (χ0v) is 12.2. The molecular formula is C14H22N2O2S. The Morgan fingerprint density at radius 1 is 1.37 bits per heavy atom. The second-order valence-corrected chi connectivity index (χ2v) is 7.57. The quantitative estimate of drug-likeness (QED) is 0.830. The minimum atomic E-state index is -2.83. The Morgan fingerprint density at radius 2 is 2.16 bits per heavy atom. The monoisotopic (exact) mass is 282 g/mol. The molecule has 0 unspecified atom stereocenters. The van der Waals surface area contributed by atoms with E-state index in [-0.39, 0.29) is 5.75 Å². The second kappa shape index (κ2) is 5.92. The average molecular weight is 282 g/mol. The lowest BCUT2D eigenvalue weighted by Gasteiger charge is -2.29. The first kappa shape index (κ1) is 14.3. The summed E-state index contributed by atoms with van der Waals surface area (Å²) in [6.07, 6.45) is 1.68. The number of hydrogen-bond acceptors (Lipinski definition) is 4. The Balaban J connectivity index is 1.89. The fourth-order valence-corrected chi connectivity index (χ4v) is 3.40. The molecule has 0 spiro atoms. The molecule has 0 bridgehead atoms. The molecule has 0 saturated heterocycles. The number of fused-ring (bicyclic) bond motifs is 1. The summed E-state index contributed by atoms with van der Waals surface area (Å²) in [7, 11) is -2.83. The van der Waals surface area contributed by atoms with Crippen molar-refractivity contribution in [1.82, 2.24) is 4.90 Å². The Hall–Kier alpha value is -1.07. The molecule has 1 heterocycles. The molecule has 1 aromatic carbocycles. The van der Waals surface area contributed by atoms with Crippen molar-refractivity contribution in [1.29, 1.82) is 0 Å². The molecule has 4 nitrogen and oxygen atoms in total. The number of benzene rings is 1. The molecular weight excluding hydrogens is 260 g/mol. The minimum Gasteiger partial charge on any atom is -0.398 e. The van der Waals surface area contributed by atoms with Crippen molar-refractivity contribution in [2.24, 2.45) is 0 Å². The van der Waals surface area contributed by atoms with Crippen LogP contribution in [0.15, 0.2) is 18.2 Å². The molecule has 1 aliphatic rings. The highest BCUT2D eigenvalue weighted by Crippen LogP contribution is 2.23. The van der Waals surface area contributed by atoms with E-state index in [1.807, 2.05) is 12.1 Å². The molecule has 1 aliphatic heterocycles. The van der Waals surface area contributed by atoms with Gasteiger partial charge < -0.3 is 5.73 Å². The van der Waals surface area contributed by atoms with Crippen LogP contribution in [0.5, 0.6) is 0 Å². The third kappa shape index (κ3) is 3.70. The van der Waals surface area contributed by atoms with E-state index in [9.17, 15) is 8.42 Å². The van der Waals surface area contributed by atoms with Gasteiger partial charge in [0.15, 0.2) is 0 Å². The van der Waals surface area contributed by atoms with Gasteiger partial charge in [0, 0.05) is 24.5 Å². The first-order valence-corrected chi connectivity index (χ1v) is 8.63. The minimum absolute atomic E-state index is 0.242. The fraction of sp³-hybridized carbons (Fsp3) is 0.571. The summed E-state index contributed by atoms with van der Waals surface area (Å²) in [5.74, 6) is 0.538. The number of nitrogens with zero attached hydrogens (tertiary/aromatic N) is 1. The number of anilines is 1. The third-order valence-electron chi connectivity index (χ3n) is 3.75. The van der Waals surface area contributed by atoms with Gasteiger partial charge in [0.25, 0.3) is 0 Å². The first-order valence-electron chi connectivity index (χ1n) is 6.81. The molecule has 106 valence electrons. The number of sulfone groups is 1. The van der Waals surface area contributed by atoms with Crippen LogP contribution in [-0.4, -0.2) is 37.9 Å². The Bertz CT molecular complexity index is 540. The second-order valence-electron chi connectivity index (χ2n) is 5.10. The van der Waals surface area contributed by atoms with Crippen LogP contribution in [0.25, 0.3) is 0 Å². The highest BCUT2D eigenvalue weighted by atomic mass is 32.2. The predicted octanol–water partition coefficient (Wildman–Crippen LogP) is 1.45. The smallest absolute Gasteiger partial charge is 0.150 e. The molecule has 0 amide bonds. The van der Waals surface area contributed by atoms with Crippen LogP contribution in [0.4, 0.5) is 5.69 Å². The van der Waals surface area contributed by atoms with E-state index in [2.05, 4.69) is 11.0 Å². The van der Waals surface area contributed by atoms with Crippen molar-refractivity contribution in [3.05, 3.63) is 29.3 Å². The molecule has 5 heteroatoms. The van der Waals surface area contributed by atoms with Crippen molar-refractivity contribution in [2.75, 3.05) is 30.3 Å². The number of nitrogens with two attached hydrogens (primary N) is 1. The summed E-state index contributed by atoms with van der Waals surface area (Å²) in [6, 6.07) is 6.04. The molecule has 2 rings (SSSR count). The summed E-state index contributed by atoms with van der Waals surface area (Å²) in [5.41, 5.74) is 9.39. The largest absolute Gasteiger partial charge is 0.398 e. The first-order chi connectivity index (χ1) is 9.02. The summed E-state index contributed by atoms with van der Waals surface area (Å²) < 4.78 is 22.9. The summed E-state index contributed by atoms with van der Waals surface area (Å²) in [6.45, 7) is 4.39. The Kier molecular flexibility index (Phi) is 4.47. The zero-order valence-electron chi connectivity index (χ0n) is 11.4. The van der Waals surface area contributed by atoms with Crippen LogP contribution in [0.1, 0.15) is 24.5 Å². The van der Waals surface area contributed by atoms with Crippen LogP contribution in [-0.2, 0) is 22.8 Å². The lowest BCUT2D eigenvalue weighted by atomic mass is 9.98. The summed E-state index contributed by atoms with van der Waals surface area (Å²) in [5, 5.41) is 0. The van der Waals surface area contributed by atoms with Gasteiger partial charge in [0.05, 0.1) is 5.75 Å². The number of rotatable bonds is 5. The Morgan fingerprint density at radius 3 is 2.89 bits per heavy atom. The van der Waals surface area contributed by atoms with Crippen molar-refractivity contribution in [2.45, 2.75) is 26.3 Å². The van der Waals surface area contributed by atoms with Gasteiger partial charge in [-0.15, -0.1) is 0 Å². The van der Waals surface area contributed by atoms with Crippen LogP contribution in [0.2, 0.25) is 0 Å². The summed E-state index contributed by atoms with van der Waals surface area (Å²) in [4.78, 5) is 2.31. The molecule has 0 saturated carbocycles. The number of hydrogen-bond donors (Lipinski definition) is 1. The molecule has 0 atom stereocenters. The van der Waals surface area contributed by atoms with Crippen LogP contribution in [0, 0.1) is 0 Å². The molecule has 0 fully saturated rings. The maximum absolute atomic E-state index is 11.4. The molecule has 2 N–H and O–H groups in total. The van der Waals surface area contributed by atoms with Crippen LogP contribution >= 0.6 is 0 Å². The lowest BCUT2D eigenvalue weighted by Crippen LogP contribution is -2.32. The van der Waals surface area contributed by atoms with Crippen molar-refractivity contribution in [3.8, 4) is 0 Å².